The van der Waals surface area contributed by atoms with Crippen LogP contribution in [0.2, 0.25) is 0 Å². The van der Waals surface area contributed by atoms with Crippen molar-refractivity contribution < 1.29 is 19.1 Å². The first kappa shape index (κ1) is 27.3. The Hall–Kier alpha value is -4.28. The minimum Gasteiger partial charge on any atom is -0.384 e. The molecular weight excluding hydrogens is 526 g/mol. The van der Waals surface area contributed by atoms with Crippen LogP contribution >= 0.6 is 11.3 Å². The second-order valence-electron chi connectivity index (χ2n) is 9.98. The van der Waals surface area contributed by atoms with Crippen molar-refractivity contribution in [3.63, 3.8) is 0 Å². The third kappa shape index (κ3) is 5.68. The molecule has 0 bridgehead atoms. The average Bonchev–Trinajstić information content (AvgIpc) is 3.63. The largest absolute Gasteiger partial charge is 0.384 e. The fourth-order valence-electron chi connectivity index (χ4n) is 5.04. The molecule has 0 unspecified atom stereocenters. The highest BCUT2D eigenvalue weighted by atomic mass is 32.1. The van der Waals surface area contributed by atoms with Crippen LogP contribution in [-0.4, -0.2) is 60.8 Å². The zero-order valence-corrected chi connectivity index (χ0v) is 23.1. The van der Waals surface area contributed by atoms with Crippen LogP contribution < -0.4 is 16.4 Å². The first-order chi connectivity index (χ1) is 19.2. The highest BCUT2D eigenvalue weighted by Gasteiger charge is 2.40. The Morgan fingerprint density at radius 1 is 1.05 bits per heavy atom. The first-order valence-corrected chi connectivity index (χ1v) is 13.9. The highest BCUT2D eigenvalue weighted by molar-refractivity contribution is 7.10. The number of amides is 3. The molecule has 3 aromatic carbocycles. The minimum atomic E-state index is -0.724. The van der Waals surface area contributed by atoms with Crippen LogP contribution in [-0.2, 0) is 14.3 Å². The predicted octanol–water partition coefficient (Wildman–Crippen LogP) is 3.56. The summed E-state index contributed by atoms with van der Waals surface area (Å²) in [5.74, 6) is -1.05. The van der Waals surface area contributed by atoms with Gasteiger partial charge in [0.05, 0.1) is 18.7 Å². The van der Waals surface area contributed by atoms with Crippen LogP contribution in [0.4, 0.5) is 0 Å². The van der Waals surface area contributed by atoms with Gasteiger partial charge in [0.15, 0.2) is 0 Å². The number of amidine groups is 1. The lowest BCUT2D eigenvalue weighted by Crippen LogP contribution is -2.49. The summed E-state index contributed by atoms with van der Waals surface area (Å²) >= 11 is 1.40. The fourth-order valence-corrected chi connectivity index (χ4v) is 5.95. The highest BCUT2D eigenvalue weighted by Crippen LogP contribution is 2.26. The summed E-state index contributed by atoms with van der Waals surface area (Å²) in [6, 6.07) is 18.4. The SMILES string of the molecule is CO[C@@H]1C[C@@H](C(=O)N[C@H](C)c2cc(C(=N)N)cs2)N(C(=O)CNC(=O)c2ccc3cc4ccccc4cc3c2)C1. The van der Waals surface area contributed by atoms with Gasteiger partial charge in [0, 0.05) is 41.5 Å². The van der Waals surface area contributed by atoms with Gasteiger partial charge in [-0.15, -0.1) is 11.3 Å². The number of rotatable bonds is 8. The molecule has 0 spiro atoms. The van der Waals surface area contributed by atoms with E-state index in [1.807, 2.05) is 49.4 Å². The van der Waals surface area contributed by atoms with Crippen molar-refractivity contribution in [2.75, 3.05) is 20.2 Å². The number of nitrogens with one attached hydrogen (secondary N) is 3. The molecule has 40 heavy (non-hydrogen) atoms. The molecule has 0 radical (unpaired) electrons. The van der Waals surface area contributed by atoms with Crippen LogP contribution in [0.1, 0.15) is 40.2 Å². The van der Waals surface area contributed by atoms with E-state index in [1.54, 1.807) is 24.6 Å². The molecule has 1 saturated heterocycles. The number of carbonyl (C=O) groups excluding carboxylic acids is 3. The number of nitrogen functional groups attached to an aromatic ring is 1. The molecule has 1 aliphatic heterocycles. The van der Waals surface area contributed by atoms with E-state index in [1.165, 1.54) is 16.2 Å². The summed E-state index contributed by atoms with van der Waals surface area (Å²) in [5.41, 5.74) is 6.62. The number of thiophene rings is 1. The third-order valence-electron chi connectivity index (χ3n) is 7.30. The minimum absolute atomic E-state index is 0.0317. The summed E-state index contributed by atoms with van der Waals surface area (Å²) in [6.07, 6.45) is 0.0725. The molecule has 3 amide bonds. The van der Waals surface area contributed by atoms with Gasteiger partial charge in [0.25, 0.3) is 5.91 Å². The topological polar surface area (TPSA) is 138 Å². The molecule has 4 aromatic rings. The van der Waals surface area contributed by atoms with Crippen molar-refractivity contribution in [3.05, 3.63) is 82.0 Å². The average molecular weight is 558 g/mol. The lowest BCUT2D eigenvalue weighted by molar-refractivity contribution is -0.138. The Balaban J connectivity index is 1.24. The first-order valence-electron chi connectivity index (χ1n) is 13.0. The molecule has 10 heteroatoms. The van der Waals surface area contributed by atoms with E-state index in [0.29, 0.717) is 17.5 Å². The van der Waals surface area contributed by atoms with Gasteiger partial charge in [0.1, 0.15) is 11.9 Å². The summed E-state index contributed by atoms with van der Waals surface area (Å²) in [7, 11) is 1.55. The van der Waals surface area contributed by atoms with Gasteiger partial charge >= 0.3 is 0 Å². The molecule has 0 saturated carbocycles. The molecule has 9 nitrogen and oxygen atoms in total. The van der Waals surface area contributed by atoms with E-state index in [-0.39, 0.29) is 48.8 Å². The molecule has 2 heterocycles. The number of fused-ring (bicyclic) bond motifs is 2. The smallest absolute Gasteiger partial charge is 0.251 e. The van der Waals surface area contributed by atoms with Crippen molar-refractivity contribution in [2.45, 2.75) is 31.5 Å². The summed E-state index contributed by atoms with van der Waals surface area (Å²) in [5, 5.41) is 19.2. The van der Waals surface area contributed by atoms with Crippen LogP contribution in [0.5, 0.6) is 0 Å². The Morgan fingerprint density at radius 2 is 1.75 bits per heavy atom. The number of benzene rings is 3. The zero-order chi connectivity index (χ0) is 28.4. The second kappa shape index (κ2) is 11.4. The van der Waals surface area contributed by atoms with Crippen LogP contribution in [0.25, 0.3) is 21.5 Å². The van der Waals surface area contributed by atoms with E-state index in [2.05, 4.69) is 16.7 Å². The van der Waals surface area contributed by atoms with E-state index in [9.17, 15) is 14.4 Å². The van der Waals surface area contributed by atoms with E-state index >= 15 is 0 Å². The van der Waals surface area contributed by atoms with Gasteiger partial charge in [-0.3, -0.25) is 19.8 Å². The second-order valence-corrected chi connectivity index (χ2v) is 10.9. The van der Waals surface area contributed by atoms with E-state index in [4.69, 9.17) is 15.9 Å². The maximum atomic E-state index is 13.2. The number of hydrogen-bond donors (Lipinski definition) is 4. The zero-order valence-electron chi connectivity index (χ0n) is 22.3. The molecule has 1 aliphatic rings. The molecule has 0 aliphatic carbocycles. The molecule has 5 rings (SSSR count). The molecule has 3 atom stereocenters. The predicted molar refractivity (Wildman–Crippen MR) is 157 cm³/mol. The Labute approximate surface area is 235 Å². The Bertz CT molecular complexity index is 1620. The molecule has 1 fully saturated rings. The van der Waals surface area contributed by atoms with Crippen LogP contribution in [0, 0.1) is 5.41 Å². The number of hydrogen-bond acceptors (Lipinski definition) is 6. The Morgan fingerprint density at radius 3 is 2.42 bits per heavy atom. The number of likely N-dealkylation sites (tertiary alicyclic amines) is 1. The van der Waals surface area contributed by atoms with Crippen LogP contribution in [0.3, 0.4) is 0 Å². The summed E-state index contributed by atoms with van der Waals surface area (Å²) in [4.78, 5) is 41.7. The number of ether oxygens (including phenoxy) is 1. The number of nitrogens with zero attached hydrogens (tertiary/aromatic N) is 1. The van der Waals surface area contributed by atoms with E-state index < -0.39 is 6.04 Å². The third-order valence-corrected chi connectivity index (χ3v) is 8.42. The summed E-state index contributed by atoms with van der Waals surface area (Å²) in [6.45, 7) is 1.86. The van der Waals surface area contributed by atoms with Crippen molar-refractivity contribution in [1.82, 2.24) is 15.5 Å². The van der Waals surface area contributed by atoms with Gasteiger partial charge in [-0.05, 0) is 58.8 Å². The fraction of sp³-hybridized carbons (Fsp3) is 0.267. The van der Waals surface area contributed by atoms with Crippen molar-refractivity contribution in [3.8, 4) is 0 Å². The number of nitrogens with two attached hydrogens (primary N) is 1. The molecule has 1 aromatic heterocycles. The van der Waals surface area contributed by atoms with Gasteiger partial charge < -0.3 is 26.0 Å². The molecule has 5 N–H and O–H groups in total. The normalized spacial score (nSPS) is 17.6. The number of methoxy groups -OCH3 is 1. The molecular formula is C30H31N5O4S. The van der Waals surface area contributed by atoms with Gasteiger partial charge in [-0.1, -0.05) is 30.3 Å². The monoisotopic (exact) mass is 557 g/mol. The number of carbonyl (C=O) groups is 3. The lowest BCUT2D eigenvalue weighted by Gasteiger charge is -2.25. The standard InChI is InChI=1S/C30H31N5O4S/c1-17(26-12-23(16-40-26)28(31)32)34-30(38)25-13-24(39-2)15-35(25)27(36)14-33-29(37)21-8-7-20-9-18-5-3-4-6-19(18)10-22(20)11-21/h3-12,16-17,24-25H,13-15H2,1-2H3,(H3,31,32)(H,33,37)(H,34,38)/t17-,24-,25+/m1/s1. The van der Waals surface area contributed by atoms with E-state index in [0.717, 1.165) is 26.4 Å². The van der Waals surface area contributed by atoms with Crippen molar-refractivity contribution in [1.29, 1.82) is 5.41 Å². The maximum absolute atomic E-state index is 13.2. The van der Waals surface area contributed by atoms with Crippen LogP contribution in [0.15, 0.2) is 66.0 Å². The quantitative estimate of drug-likeness (QED) is 0.149. The van der Waals surface area contributed by atoms with Gasteiger partial charge in [-0.25, -0.2) is 0 Å². The lowest BCUT2D eigenvalue weighted by atomic mass is 10.0. The molecule has 206 valence electrons. The van der Waals surface area contributed by atoms with Gasteiger partial charge in [0.2, 0.25) is 11.8 Å². The van der Waals surface area contributed by atoms with Gasteiger partial charge in [-0.2, -0.15) is 0 Å². The van der Waals surface area contributed by atoms with Crippen molar-refractivity contribution >= 4 is 56.4 Å². The summed E-state index contributed by atoms with van der Waals surface area (Å²) < 4.78 is 5.46. The Kier molecular flexibility index (Phi) is 7.81. The maximum Gasteiger partial charge on any atom is 0.251 e. The van der Waals surface area contributed by atoms with Crippen molar-refractivity contribution in [2.24, 2.45) is 5.73 Å².